The van der Waals surface area contributed by atoms with Crippen molar-refractivity contribution < 1.29 is 0 Å². The van der Waals surface area contributed by atoms with Gasteiger partial charge in [-0.15, -0.1) is 0 Å². The summed E-state index contributed by atoms with van der Waals surface area (Å²) in [6.07, 6.45) is 4.29. The lowest BCUT2D eigenvalue weighted by Crippen LogP contribution is -1.96. The molecule has 0 atom stereocenters. The monoisotopic (exact) mass is 135 g/mol. The highest BCUT2D eigenvalue weighted by Gasteiger charge is 1.96. The van der Waals surface area contributed by atoms with Crippen LogP contribution in [0.3, 0.4) is 0 Å². The smallest absolute Gasteiger partial charge is 0.139 e. The number of hydrogen-bond donors (Lipinski definition) is 0. The van der Waals surface area contributed by atoms with Crippen molar-refractivity contribution in [1.82, 2.24) is 9.55 Å². The van der Waals surface area contributed by atoms with E-state index in [-0.39, 0.29) is 0 Å². The van der Waals surface area contributed by atoms with Crippen LogP contribution in [0.5, 0.6) is 0 Å². The predicted octanol–water partition coefficient (Wildman–Crippen LogP) is 1.16. The highest BCUT2D eigenvalue weighted by molar-refractivity contribution is 5.16. The SMILES string of the molecule is CCCn1cncc1C#N. The Morgan fingerprint density at radius 3 is 3.20 bits per heavy atom. The summed E-state index contributed by atoms with van der Waals surface area (Å²) in [7, 11) is 0. The highest BCUT2D eigenvalue weighted by atomic mass is 15.0. The van der Waals surface area contributed by atoms with Gasteiger partial charge in [0.2, 0.25) is 0 Å². The lowest BCUT2D eigenvalue weighted by Gasteiger charge is -1.97. The fraction of sp³-hybridized carbons (Fsp3) is 0.429. The average Bonchev–Trinajstić information content (AvgIpc) is 2.36. The number of imidazole rings is 1. The van der Waals surface area contributed by atoms with E-state index in [1.165, 1.54) is 0 Å². The van der Waals surface area contributed by atoms with Gasteiger partial charge in [0.15, 0.2) is 0 Å². The molecular weight excluding hydrogens is 126 g/mol. The van der Waals surface area contributed by atoms with E-state index in [1.54, 1.807) is 12.5 Å². The van der Waals surface area contributed by atoms with Crippen LogP contribution in [-0.2, 0) is 6.54 Å². The third kappa shape index (κ3) is 1.16. The van der Waals surface area contributed by atoms with Crippen LogP contribution in [0.25, 0.3) is 0 Å². The zero-order valence-electron chi connectivity index (χ0n) is 5.91. The topological polar surface area (TPSA) is 41.6 Å². The van der Waals surface area contributed by atoms with Crippen molar-refractivity contribution in [1.29, 1.82) is 5.26 Å². The quantitative estimate of drug-likeness (QED) is 0.610. The minimum absolute atomic E-state index is 0.641. The molecule has 3 heteroatoms. The second-order valence-corrected chi connectivity index (χ2v) is 2.08. The van der Waals surface area contributed by atoms with Crippen LogP contribution in [0.2, 0.25) is 0 Å². The van der Waals surface area contributed by atoms with Gasteiger partial charge in [0.25, 0.3) is 0 Å². The van der Waals surface area contributed by atoms with E-state index in [2.05, 4.69) is 18.0 Å². The number of aromatic nitrogens is 2. The molecule has 0 aliphatic heterocycles. The summed E-state index contributed by atoms with van der Waals surface area (Å²) in [5.74, 6) is 0. The highest BCUT2D eigenvalue weighted by Crippen LogP contribution is 1.97. The van der Waals surface area contributed by atoms with Gasteiger partial charge in [-0.25, -0.2) is 4.98 Å². The van der Waals surface area contributed by atoms with Crippen molar-refractivity contribution in [3.05, 3.63) is 18.2 Å². The summed E-state index contributed by atoms with van der Waals surface area (Å²) in [6.45, 7) is 2.95. The maximum absolute atomic E-state index is 8.52. The Kier molecular flexibility index (Phi) is 2.06. The summed E-state index contributed by atoms with van der Waals surface area (Å²) in [6, 6.07) is 2.06. The van der Waals surface area contributed by atoms with Crippen molar-refractivity contribution in [2.45, 2.75) is 19.9 Å². The van der Waals surface area contributed by atoms with Crippen molar-refractivity contribution >= 4 is 0 Å². The number of hydrogen-bond acceptors (Lipinski definition) is 2. The molecule has 0 fully saturated rings. The third-order valence-electron chi connectivity index (χ3n) is 1.29. The Labute approximate surface area is 59.9 Å². The molecule has 0 unspecified atom stereocenters. The fourth-order valence-electron chi connectivity index (χ4n) is 0.833. The molecule has 0 N–H and O–H groups in total. The van der Waals surface area contributed by atoms with Crippen molar-refractivity contribution in [2.24, 2.45) is 0 Å². The number of aryl methyl sites for hydroxylation is 1. The zero-order chi connectivity index (χ0) is 7.40. The number of nitrogens with zero attached hydrogens (tertiary/aromatic N) is 3. The zero-order valence-corrected chi connectivity index (χ0v) is 5.91. The Balaban J connectivity index is 2.82. The van der Waals surface area contributed by atoms with E-state index in [0.29, 0.717) is 5.69 Å². The molecular formula is C7H9N3. The first-order valence-corrected chi connectivity index (χ1v) is 3.28. The van der Waals surface area contributed by atoms with Crippen LogP contribution in [0.4, 0.5) is 0 Å². The van der Waals surface area contributed by atoms with E-state index in [1.807, 2.05) is 4.57 Å². The lowest BCUT2D eigenvalue weighted by atomic mass is 10.4. The third-order valence-corrected chi connectivity index (χ3v) is 1.29. The minimum Gasteiger partial charge on any atom is -0.322 e. The molecule has 0 radical (unpaired) electrons. The Hall–Kier alpha value is -1.30. The molecule has 3 nitrogen and oxygen atoms in total. The summed E-state index contributed by atoms with van der Waals surface area (Å²) in [5.41, 5.74) is 0.641. The fourth-order valence-corrected chi connectivity index (χ4v) is 0.833. The number of nitriles is 1. The molecule has 1 aromatic rings. The molecule has 0 aromatic carbocycles. The molecule has 0 spiro atoms. The summed E-state index contributed by atoms with van der Waals surface area (Å²) in [4.78, 5) is 3.85. The summed E-state index contributed by atoms with van der Waals surface area (Å²) >= 11 is 0. The van der Waals surface area contributed by atoms with Gasteiger partial charge in [-0.3, -0.25) is 0 Å². The largest absolute Gasteiger partial charge is 0.322 e. The van der Waals surface area contributed by atoms with E-state index in [4.69, 9.17) is 5.26 Å². The standard InChI is InChI=1S/C7H9N3/c1-2-3-10-6-9-5-7(10)4-8/h5-6H,2-3H2,1H3. The predicted molar refractivity (Wildman–Crippen MR) is 37.2 cm³/mol. The Morgan fingerprint density at radius 2 is 2.60 bits per heavy atom. The van der Waals surface area contributed by atoms with Crippen LogP contribution in [-0.4, -0.2) is 9.55 Å². The van der Waals surface area contributed by atoms with E-state index in [9.17, 15) is 0 Å². The lowest BCUT2D eigenvalue weighted by molar-refractivity contribution is 0.671. The van der Waals surface area contributed by atoms with Crippen molar-refractivity contribution in [3.8, 4) is 6.07 Å². The number of rotatable bonds is 2. The molecule has 1 heterocycles. The van der Waals surface area contributed by atoms with Gasteiger partial charge in [-0.05, 0) is 6.42 Å². The molecule has 0 saturated heterocycles. The second kappa shape index (κ2) is 3.02. The maximum atomic E-state index is 8.52. The van der Waals surface area contributed by atoms with Crippen LogP contribution in [0, 0.1) is 11.3 Å². The van der Waals surface area contributed by atoms with Gasteiger partial charge in [-0.1, -0.05) is 6.92 Å². The first-order chi connectivity index (χ1) is 4.88. The second-order valence-electron chi connectivity index (χ2n) is 2.08. The molecule has 10 heavy (non-hydrogen) atoms. The van der Waals surface area contributed by atoms with Gasteiger partial charge in [-0.2, -0.15) is 5.26 Å². The molecule has 0 bridgehead atoms. The maximum Gasteiger partial charge on any atom is 0.139 e. The van der Waals surface area contributed by atoms with Crippen LogP contribution in [0.15, 0.2) is 12.5 Å². The van der Waals surface area contributed by atoms with E-state index in [0.717, 1.165) is 13.0 Å². The normalized spacial score (nSPS) is 9.20. The van der Waals surface area contributed by atoms with Gasteiger partial charge >= 0.3 is 0 Å². The molecule has 0 aliphatic carbocycles. The molecule has 1 rings (SSSR count). The van der Waals surface area contributed by atoms with Gasteiger partial charge in [0.05, 0.1) is 12.5 Å². The Morgan fingerprint density at radius 1 is 1.80 bits per heavy atom. The first kappa shape index (κ1) is 6.81. The first-order valence-electron chi connectivity index (χ1n) is 3.28. The summed E-state index contributed by atoms with van der Waals surface area (Å²) in [5, 5.41) is 8.52. The van der Waals surface area contributed by atoms with Crippen LogP contribution >= 0.6 is 0 Å². The summed E-state index contributed by atoms with van der Waals surface area (Å²) < 4.78 is 1.85. The van der Waals surface area contributed by atoms with E-state index < -0.39 is 0 Å². The van der Waals surface area contributed by atoms with Crippen molar-refractivity contribution in [3.63, 3.8) is 0 Å². The van der Waals surface area contributed by atoms with Gasteiger partial charge in [0.1, 0.15) is 11.8 Å². The molecule has 52 valence electrons. The average molecular weight is 135 g/mol. The van der Waals surface area contributed by atoms with Crippen molar-refractivity contribution in [2.75, 3.05) is 0 Å². The molecule has 0 saturated carbocycles. The van der Waals surface area contributed by atoms with E-state index >= 15 is 0 Å². The Bertz CT molecular complexity index is 244. The minimum atomic E-state index is 0.641. The molecule has 1 aromatic heterocycles. The molecule has 0 aliphatic rings. The van der Waals surface area contributed by atoms with Crippen LogP contribution < -0.4 is 0 Å². The van der Waals surface area contributed by atoms with Gasteiger partial charge < -0.3 is 4.57 Å². The molecule has 0 amide bonds. The van der Waals surface area contributed by atoms with Gasteiger partial charge in [0, 0.05) is 6.54 Å². The van der Waals surface area contributed by atoms with Crippen LogP contribution in [0.1, 0.15) is 19.0 Å².